The predicted octanol–water partition coefficient (Wildman–Crippen LogP) is 6.65. The molecule has 0 fully saturated rings. The van der Waals surface area contributed by atoms with E-state index in [0.29, 0.717) is 78.0 Å². The zero-order chi connectivity index (χ0) is 38.6. The van der Waals surface area contributed by atoms with E-state index in [0.717, 1.165) is 45.6 Å². The van der Waals surface area contributed by atoms with Gasteiger partial charge in [-0.25, -0.2) is 9.97 Å². The minimum absolute atomic E-state index is 0.262. The number of aromatic nitrogens is 4. The van der Waals surface area contributed by atoms with Crippen LogP contribution in [-0.4, -0.2) is 45.5 Å². The van der Waals surface area contributed by atoms with Crippen molar-refractivity contribution < 1.29 is 18.9 Å². The van der Waals surface area contributed by atoms with Crippen LogP contribution in [-0.2, 0) is 58.5 Å². The van der Waals surface area contributed by atoms with Crippen LogP contribution in [0.5, 0.6) is 0 Å². The maximum Gasteiger partial charge on any atom is 0.140 e. The summed E-state index contributed by atoms with van der Waals surface area (Å²) in [6.07, 6.45) is 1.94. The Balaban J connectivity index is 0.000000290. The van der Waals surface area contributed by atoms with Crippen LogP contribution in [0, 0.1) is 68.0 Å². The molecule has 14 nitrogen and oxygen atoms in total. The first-order valence-corrected chi connectivity index (χ1v) is 17.4. The highest BCUT2D eigenvalue weighted by Crippen LogP contribution is 2.26. The molecule has 0 spiro atoms. The Labute approximate surface area is 316 Å². The fourth-order valence-electron chi connectivity index (χ4n) is 5.19. The van der Waals surface area contributed by atoms with Gasteiger partial charge in [0, 0.05) is 24.2 Å². The highest BCUT2D eigenvalue weighted by molar-refractivity contribution is 5.57. The molecule has 0 saturated heterocycles. The Morgan fingerprint density at radius 3 is 1.06 bits per heavy atom. The lowest BCUT2D eigenvalue weighted by molar-refractivity contribution is 0.107. The molecule has 2 heterocycles. The molecular formula is C40H42N10O4. The van der Waals surface area contributed by atoms with E-state index in [1.54, 1.807) is 0 Å². The largest absolute Gasteiger partial charge is 0.374 e. The van der Waals surface area contributed by atoms with Crippen LogP contribution in [0.1, 0.15) is 61.3 Å². The number of hydrogen-bond donors (Lipinski definition) is 0. The number of hydrogen-bond acceptors (Lipinski definition) is 12. The van der Waals surface area contributed by atoms with Crippen LogP contribution in [0.3, 0.4) is 0 Å². The van der Waals surface area contributed by atoms with Gasteiger partial charge in [0.1, 0.15) is 11.6 Å². The monoisotopic (exact) mass is 726 g/mol. The van der Waals surface area contributed by atoms with Gasteiger partial charge in [-0.05, 0) is 0 Å². The predicted molar refractivity (Wildman–Crippen MR) is 195 cm³/mol. The minimum atomic E-state index is 0.262. The number of ether oxygens (including phenoxy) is 4. The normalized spacial score (nSPS) is 10.1. The number of benzene rings is 2. The summed E-state index contributed by atoms with van der Waals surface area (Å²) in [6.45, 7) is 3.38. The van der Waals surface area contributed by atoms with Crippen LogP contribution in [0.2, 0.25) is 0 Å². The number of imidazole rings is 2. The van der Waals surface area contributed by atoms with Gasteiger partial charge in [0.15, 0.2) is 0 Å². The second-order valence-corrected chi connectivity index (χ2v) is 11.4. The zero-order valence-corrected chi connectivity index (χ0v) is 30.2. The average Bonchev–Trinajstić information content (AvgIpc) is 3.74. The molecule has 0 aliphatic rings. The topological polar surface area (TPSA) is 215 Å². The smallest absolute Gasteiger partial charge is 0.140 e. The second-order valence-electron chi connectivity index (χ2n) is 11.4. The standard InChI is InChI=1S/2C20H21N5O2/c2*21-9-4-12-25-19(16-27-14-6-11-23)18(15-26-13-5-10-22)24-20(25)17-7-2-1-3-8-17/h2*1-3,7-8H,4-6,12-16H2. The van der Waals surface area contributed by atoms with Gasteiger partial charge >= 0.3 is 0 Å². The first-order valence-electron chi connectivity index (χ1n) is 17.4. The molecule has 276 valence electrons. The third-order valence-corrected chi connectivity index (χ3v) is 7.66. The Morgan fingerprint density at radius 2 is 0.741 bits per heavy atom. The van der Waals surface area contributed by atoms with Crippen LogP contribution < -0.4 is 0 Å². The van der Waals surface area contributed by atoms with E-state index in [4.69, 9.17) is 60.5 Å². The van der Waals surface area contributed by atoms with E-state index in [1.807, 2.05) is 81.9 Å². The lowest BCUT2D eigenvalue weighted by atomic mass is 10.2. The van der Waals surface area contributed by atoms with Crippen molar-refractivity contribution in [3.63, 3.8) is 0 Å². The SMILES string of the molecule is N#CCCOCc1nc(-c2ccccc2)n(CCC#N)c1COCCC#N.N#CCCOCc1nc(-c2ccccc2)n(CCC#N)c1COCCC#N. The van der Waals surface area contributed by atoms with Crippen molar-refractivity contribution in [1.82, 2.24) is 19.1 Å². The Morgan fingerprint density at radius 1 is 0.426 bits per heavy atom. The lowest BCUT2D eigenvalue weighted by Crippen LogP contribution is -2.09. The molecule has 0 aliphatic carbocycles. The summed E-state index contributed by atoms with van der Waals surface area (Å²) in [7, 11) is 0. The Kier molecular flexibility index (Phi) is 19.9. The average molecular weight is 727 g/mol. The third-order valence-electron chi connectivity index (χ3n) is 7.66. The van der Waals surface area contributed by atoms with E-state index in [1.165, 1.54) is 0 Å². The summed E-state index contributed by atoms with van der Waals surface area (Å²) in [5.74, 6) is 1.51. The number of rotatable bonds is 22. The third kappa shape index (κ3) is 13.6. The van der Waals surface area contributed by atoms with E-state index in [2.05, 4.69) is 24.3 Å². The van der Waals surface area contributed by atoms with Crippen molar-refractivity contribution in [3.05, 3.63) is 83.4 Å². The van der Waals surface area contributed by atoms with E-state index >= 15 is 0 Å². The van der Waals surface area contributed by atoms with Gasteiger partial charge in [-0.1, -0.05) is 60.7 Å². The molecule has 0 atom stereocenters. The van der Waals surface area contributed by atoms with E-state index < -0.39 is 0 Å². The van der Waals surface area contributed by atoms with Crippen molar-refractivity contribution in [2.45, 2.75) is 78.0 Å². The van der Waals surface area contributed by atoms with Crippen molar-refractivity contribution >= 4 is 0 Å². The summed E-state index contributed by atoms with van der Waals surface area (Å²) >= 11 is 0. The fraction of sp³-hybridized carbons (Fsp3) is 0.400. The molecular weight excluding hydrogens is 685 g/mol. The summed E-state index contributed by atoms with van der Waals surface area (Å²) in [4.78, 5) is 9.46. The lowest BCUT2D eigenvalue weighted by Gasteiger charge is -2.12. The van der Waals surface area contributed by atoms with Crippen LogP contribution in [0.4, 0.5) is 0 Å². The Hall–Kier alpha value is -6.36. The summed E-state index contributed by atoms with van der Waals surface area (Å²) in [6, 6.07) is 32.0. The maximum atomic E-state index is 9.03. The van der Waals surface area contributed by atoms with E-state index in [-0.39, 0.29) is 26.4 Å². The molecule has 0 saturated carbocycles. The van der Waals surface area contributed by atoms with Crippen molar-refractivity contribution in [2.75, 3.05) is 26.4 Å². The van der Waals surface area contributed by atoms with Crippen molar-refractivity contribution in [2.24, 2.45) is 0 Å². The molecule has 2 aromatic heterocycles. The van der Waals surface area contributed by atoms with Gasteiger partial charge in [0.25, 0.3) is 0 Å². The summed E-state index contributed by atoms with van der Waals surface area (Å²) in [5.41, 5.74) is 5.00. The number of nitriles is 6. The van der Waals surface area contributed by atoms with E-state index in [9.17, 15) is 0 Å². The van der Waals surface area contributed by atoms with Gasteiger partial charge in [-0.3, -0.25) is 0 Å². The molecule has 54 heavy (non-hydrogen) atoms. The second kappa shape index (κ2) is 25.6. The van der Waals surface area contributed by atoms with Crippen molar-refractivity contribution in [3.8, 4) is 59.2 Å². The molecule has 0 radical (unpaired) electrons. The quantitative estimate of drug-likeness (QED) is 0.0778. The van der Waals surface area contributed by atoms with Gasteiger partial charge < -0.3 is 28.1 Å². The van der Waals surface area contributed by atoms with Gasteiger partial charge in [0.2, 0.25) is 0 Å². The molecule has 0 unspecified atom stereocenters. The van der Waals surface area contributed by atoms with Crippen molar-refractivity contribution in [1.29, 1.82) is 31.6 Å². The summed E-state index contributed by atoms with van der Waals surface area (Å²) in [5, 5.41) is 52.7. The molecule has 14 heteroatoms. The highest BCUT2D eigenvalue weighted by Gasteiger charge is 2.20. The molecule has 4 rings (SSSR count). The fourth-order valence-corrected chi connectivity index (χ4v) is 5.19. The number of nitrogens with zero attached hydrogens (tertiary/aromatic N) is 10. The highest BCUT2D eigenvalue weighted by atomic mass is 16.5. The van der Waals surface area contributed by atoms with Gasteiger partial charge in [-0.15, -0.1) is 0 Å². The van der Waals surface area contributed by atoms with Gasteiger partial charge in [0.05, 0.1) is 151 Å². The minimum Gasteiger partial charge on any atom is -0.374 e. The maximum absolute atomic E-state index is 9.03. The molecule has 0 aliphatic heterocycles. The van der Waals surface area contributed by atoms with Crippen LogP contribution in [0.15, 0.2) is 60.7 Å². The molecule has 4 aromatic rings. The van der Waals surface area contributed by atoms with Crippen LogP contribution in [0.25, 0.3) is 22.8 Å². The molecule has 0 bridgehead atoms. The zero-order valence-electron chi connectivity index (χ0n) is 30.2. The van der Waals surface area contributed by atoms with Crippen LogP contribution >= 0.6 is 0 Å². The Bertz CT molecular complexity index is 1820. The molecule has 2 aromatic carbocycles. The molecule has 0 N–H and O–H groups in total. The van der Waals surface area contributed by atoms with Gasteiger partial charge in [-0.2, -0.15) is 31.6 Å². The molecule has 0 amide bonds. The summed E-state index contributed by atoms with van der Waals surface area (Å²) < 4.78 is 26.3. The first kappa shape index (κ1) is 42.1. The first-order chi connectivity index (χ1) is 26.6.